The van der Waals surface area contributed by atoms with Gasteiger partial charge in [-0.2, -0.15) is 0 Å². The minimum atomic E-state index is -0.456. The van der Waals surface area contributed by atoms with E-state index in [-0.39, 0.29) is 18.3 Å². The number of fused-ring (bicyclic) bond motifs is 1. The predicted octanol–water partition coefficient (Wildman–Crippen LogP) is 2.62. The van der Waals surface area contributed by atoms with Gasteiger partial charge in [0.1, 0.15) is 5.76 Å². The second-order valence-electron chi connectivity index (χ2n) is 6.77. The lowest BCUT2D eigenvalue weighted by Crippen LogP contribution is -2.25. The van der Waals surface area contributed by atoms with E-state index >= 15 is 0 Å². The van der Waals surface area contributed by atoms with Crippen molar-refractivity contribution in [2.75, 3.05) is 29.1 Å². The molecule has 3 rings (SSSR count). The number of amides is 2. The van der Waals surface area contributed by atoms with Crippen molar-refractivity contribution in [3.05, 3.63) is 40.8 Å². The molecule has 2 heterocycles. The number of esters is 1. The number of anilines is 2. The summed E-state index contributed by atoms with van der Waals surface area (Å²) >= 11 is 1.38. The van der Waals surface area contributed by atoms with Crippen molar-refractivity contribution in [3.63, 3.8) is 0 Å². The highest BCUT2D eigenvalue weighted by Gasteiger charge is 2.22. The first-order chi connectivity index (χ1) is 13.8. The predicted molar refractivity (Wildman–Crippen MR) is 110 cm³/mol. The standard InChI is InChI=1S/C20H23N3O5S/c1-12-17(13(2)28-22-12)10-29-11-20(26)27-9-19(25)21-16-4-5-18-15(8-16)6-7-23(18)14(3)24/h4-5,8H,6-7,9-11H2,1-3H3,(H,21,25). The lowest BCUT2D eigenvalue weighted by molar-refractivity contribution is -0.144. The molecule has 9 heteroatoms. The molecular weight excluding hydrogens is 394 g/mol. The van der Waals surface area contributed by atoms with E-state index in [1.54, 1.807) is 11.0 Å². The third-order valence-electron chi connectivity index (χ3n) is 4.65. The maximum absolute atomic E-state index is 12.1. The van der Waals surface area contributed by atoms with Crippen LogP contribution in [0.5, 0.6) is 0 Å². The van der Waals surface area contributed by atoms with Crippen LogP contribution in [0, 0.1) is 13.8 Å². The second-order valence-corrected chi connectivity index (χ2v) is 7.75. The Balaban J connectivity index is 1.42. The summed E-state index contributed by atoms with van der Waals surface area (Å²) in [4.78, 5) is 37.2. The Kier molecular flexibility index (Phi) is 6.58. The first kappa shape index (κ1) is 20.9. The van der Waals surface area contributed by atoms with Crippen molar-refractivity contribution < 1.29 is 23.6 Å². The number of ether oxygens (including phenoxy) is 1. The lowest BCUT2D eigenvalue weighted by Gasteiger charge is -2.15. The van der Waals surface area contributed by atoms with Gasteiger partial charge >= 0.3 is 5.97 Å². The van der Waals surface area contributed by atoms with Crippen molar-refractivity contribution in [2.45, 2.75) is 32.9 Å². The SMILES string of the molecule is CC(=O)N1CCc2cc(NC(=O)COC(=O)CSCc3c(C)noc3C)ccc21. The Morgan fingerprint density at radius 1 is 1.31 bits per heavy atom. The Labute approximate surface area is 172 Å². The summed E-state index contributed by atoms with van der Waals surface area (Å²) in [5.74, 6) is 0.605. The molecule has 0 aliphatic carbocycles. The highest BCUT2D eigenvalue weighted by molar-refractivity contribution is 7.99. The number of carbonyl (C=O) groups excluding carboxylic acids is 3. The topological polar surface area (TPSA) is 102 Å². The van der Waals surface area contributed by atoms with Crippen LogP contribution in [0.1, 0.15) is 29.5 Å². The van der Waals surface area contributed by atoms with E-state index in [9.17, 15) is 14.4 Å². The molecule has 8 nitrogen and oxygen atoms in total. The number of nitrogens with zero attached hydrogens (tertiary/aromatic N) is 2. The molecule has 0 spiro atoms. The Morgan fingerprint density at radius 3 is 2.79 bits per heavy atom. The summed E-state index contributed by atoms with van der Waals surface area (Å²) in [5.41, 5.74) is 4.27. The van der Waals surface area contributed by atoms with Gasteiger partial charge in [-0.05, 0) is 44.0 Å². The smallest absolute Gasteiger partial charge is 0.316 e. The van der Waals surface area contributed by atoms with Gasteiger partial charge in [0.15, 0.2) is 6.61 Å². The van der Waals surface area contributed by atoms with E-state index in [0.29, 0.717) is 18.0 Å². The molecular formula is C20H23N3O5S. The summed E-state index contributed by atoms with van der Waals surface area (Å²) in [5, 5.41) is 6.59. The van der Waals surface area contributed by atoms with Gasteiger partial charge in [0.05, 0.1) is 11.4 Å². The number of carbonyl (C=O) groups is 3. The third kappa shape index (κ3) is 5.17. The van der Waals surface area contributed by atoms with Gasteiger partial charge in [0.2, 0.25) is 5.91 Å². The van der Waals surface area contributed by atoms with Crippen molar-refractivity contribution >= 4 is 40.9 Å². The second kappa shape index (κ2) is 9.13. The van der Waals surface area contributed by atoms with Crippen LogP contribution in [0.3, 0.4) is 0 Å². The third-order valence-corrected chi connectivity index (χ3v) is 5.58. The molecule has 154 valence electrons. The van der Waals surface area contributed by atoms with E-state index in [0.717, 1.165) is 34.7 Å². The summed E-state index contributed by atoms with van der Waals surface area (Å²) < 4.78 is 10.1. The molecule has 2 aromatic rings. The zero-order valence-corrected chi connectivity index (χ0v) is 17.4. The summed E-state index contributed by atoms with van der Waals surface area (Å²) in [6, 6.07) is 5.40. The Bertz CT molecular complexity index is 921. The number of thioether (sulfide) groups is 1. The molecule has 29 heavy (non-hydrogen) atoms. The Hall–Kier alpha value is -2.81. The number of hydrogen-bond donors (Lipinski definition) is 1. The number of rotatable bonds is 7. The lowest BCUT2D eigenvalue weighted by atomic mass is 10.1. The monoisotopic (exact) mass is 417 g/mol. The average molecular weight is 417 g/mol. The molecule has 1 aromatic carbocycles. The largest absolute Gasteiger partial charge is 0.455 e. The molecule has 0 saturated carbocycles. The normalized spacial score (nSPS) is 12.6. The average Bonchev–Trinajstić information content (AvgIpc) is 3.24. The molecule has 0 bridgehead atoms. The van der Waals surface area contributed by atoms with Crippen LogP contribution in [0.2, 0.25) is 0 Å². The van der Waals surface area contributed by atoms with Crippen LogP contribution in [0.4, 0.5) is 11.4 Å². The van der Waals surface area contributed by atoms with Gasteiger partial charge in [-0.3, -0.25) is 14.4 Å². The van der Waals surface area contributed by atoms with E-state index < -0.39 is 11.9 Å². The molecule has 1 aliphatic rings. The fraction of sp³-hybridized carbons (Fsp3) is 0.400. The minimum Gasteiger partial charge on any atom is -0.455 e. The van der Waals surface area contributed by atoms with Crippen molar-refractivity contribution in [2.24, 2.45) is 0 Å². The van der Waals surface area contributed by atoms with Gasteiger partial charge in [-0.25, -0.2) is 0 Å². The first-order valence-corrected chi connectivity index (χ1v) is 10.4. The quantitative estimate of drug-likeness (QED) is 0.691. The van der Waals surface area contributed by atoms with E-state index in [2.05, 4.69) is 10.5 Å². The summed E-state index contributed by atoms with van der Waals surface area (Å²) in [7, 11) is 0. The number of benzene rings is 1. The highest BCUT2D eigenvalue weighted by atomic mass is 32.2. The Morgan fingerprint density at radius 2 is 2.10 bits per heavy atom. The fourth-order valence-electron chi connectivity index (χ4n) is 3.14. The molecule has 0 fully saturated rings. The van der Waals surface area contributed by atoms with E-state index in [4.69, 9.17) is 9.26 Å². The summed E-state index contributed by atoms with van der Waals surface area (Å²) in [6.07, 6.45) is 0.746. The molecule has 0 saturated heterocycles. The van der Waals surface area contributed by atoms with Crippen LogP contribution in [-0.4, -0.2) is 41.8 Å². The first-order valence-electron chi connectivity index (χ1n) is 9.21. The van der Waals surface area contributed by atoms with Crippen molar-refractivity contribution in [1.29, 1.82) is 0 Å². The van der Waals surface area contributed by atoms with Crippen molar-refractivity contribution in [3.8, 4) is 0 Å². The van der Waals surface area contributed by atoms with E-state index in [1.807, 2.05) is 26.0 Å². The van der Waals surface area contributed by atoms with Crippen LogP contribution in [-0.2, 0) is 31.3 Å². The zero-order chi connectivity index (χ0) is 21.0. The van der Waals surface area contributed by atoms with Gasteiger partial charge in [-0.15, -0.1) is 11.8 Å². The molecule has 0 atom stereocenters. The molecule has 2 amide bonds. The number of aromatic nitrogens is 1. The molecule has 1 aromatic heterocycles. The van der Waals surface area contributed by atoms with Crippen LogP contribution >= 0.6 is 11.8 Å². The minimum absolute atomic E-state index is 0.000304. The highest BCUT2D eigenvalue weighted by Crippen LogP contribution is 2.30. The fourth-order valence-corrected chi connectivity index (χ4v) is 4.10. The van der Waals surface area contributed by atoms with Crippen molar-refractivity contribution in [1.82, 2.24) is 5.16 Å². The van der Waals surface area contributed by atoms with Crippen LogP contribution in [0.15, 0.2) is 22.7 Å². The number of nitrogens with one attached hydrogen (secondary N) is 1. The molecule has 0 radical (unpaired) electrons. The van der Waals surface area contributed by atoms with Gasteiger partial charge in [0.25, 0.3) is 5.91 Å². The maximum atomic E-state index is 12.1. The maximum Gasteiger partial charge on any atom is 0.316 e. The molecule has 1 N–H and O–H groups in total. The zero-order valence-electron chi connectivity index (χ0n) is 16.6. The number of aryl methyl sites for hydroxylation is 2. The van der Waals surface area contributed by atoms with Gasteiger partial charge < -0.3 is 19.5 Å². The molecule has 0 unspecified atom stereocenters. The van der Waals surface area contributed by atoms with Gasteiger partial charge in [-0.1, -0.05) is 5.16 Å². The van der Waals surface area contributed by atoms with E-state index in [1.165, 1.54) is 18.7 Å². The number of hydrogen-bond acceptors (Lipinski definition) is 7. The summed E-state index contributed by atoms with van der Waals surface area (Å²) in [6.45, 7) is 5.51. The van der Waals surface area contributed by atoms with Crippen LogP contribution < -0.4 is 10.2 Å². The van der Waals surface area contributed by atoms with Crippen LogP contribution in [0.25, 0.3) is 0 Å². The van der Waals surface area contributed by atoms with Gasteiger partial charge in [0, 0.05) is 36.2 Å². The molecule has 1 aliphatic heterocycles.